The molecule has 1 amide bonds. The second-order valence-electron chi connectivity index (χ2n) is 6.93. The molecule has 2 rings (SSSR count). The Bertz CT molecular complexity index is 868. The Morgan fingerprint density at radius 2 is 1.93 bits per heavy atom. The first-order valence-corrected chi connectivity index (χ1v) is 8.18. The Morgan fingerprint density at radius 3 is 2.44 bits per heavy atom. The smallest absolute Gasteiger partial charge is 0.253 e. The number of halogens is 1. The molecule has 4 N–H and O–H groups in total. The molecule has 0 saturated carbocycles. The van der Waals surface area contributed by atoms with Gasteiger partial charge in [0.25, 0.3) is 5.91 Å². The van der Waals surface area contributed by atoms with Crippen LogP contribution >= 0.6 is 0 Å². The van der Waals surface area contributed by atoms with Gasteiger partial charge in [0.15, 0.2) is 17.7 Å². The topological polar surface area (TPSA) is 116 Å². The van der Waals surface area contributed by atoms with Crippen LogP contribution in [-0.2, 0) is 0 Å². The number of nitrogens with two attached hydrogens (primary N) is 1. The van der Waals surface area contributed by atoms with Crippen molar-refractivity contribution in [1.82, 2.24) is 15.6 Å². The first kappa shape index (κ1) is 20.0. The summed E-state index contributed by atoms with van der Waals surface area (Å²) < 4.78 is 13.1. The summed E-state index contributed by atoms with van der Waals surface area (Å²) in [7, 11) is 0. The molecule has 1 heterocycles. The zero-order valence-corrected chi connectivity index (χ0v) is 15.3. The summed E-state index contributed by atoms with van der Waals surface area (Å²) in [6, 6.07) is 8.45. The molecular weight excluding hydrogens is 347 g/mol. The fourth-order valence-electron chi connectivity index (χ4n) is 2.27. The second-order valence-corrected chi connectivity index (χ2v) is 6.93. The molecule has 0 aliphatic carbocycles. The second kappa shape index (κ2) is 7.93. The number of amidine groups is 1. The number of nitrogens with one attached hydrogen (secondary N) is 2. The average molecular weight is 368 g/mol. The predicted molar refractivity (Wildman–Crippen MR) is 100 cm³/mol. The molecule has 0 bridgehead atoms. The minimum absolute atomic E-state index is 0.0564. The Balaban J connectivity index is 2.47. The molecule has 0 radical (unpaired) electrons. The fourth-order valence-corrected chi connectivity index (χ4v) is 2.27. The van der Waals surface area contributed by atoms with Crippen LogP contribution in [0.15, 0.2) is 53.8 Å². The number of amides is 1. The van der Waals surface area contributed by atoms with Crippen LogP contribution in [0.25, 0.3) is 0 Å². The van der Waals surface area contributed by atoms with Crippen LogP contribution in [0.1, 0.15) is 31.1 Å². The van der Waals surface area contributed by atoms with Crippen molar-refractivity contribution in [2.75, 3.05) is 0 Å². The van der Waals surface area contributed by atoms with Gasteiger partial charge in [0.1, 0.15) is 5.82 Å². The van der Waals surface area contributed by atoms with Gasteiger partial charge >= 0.3 is 0 Å². The lowest BCUT2D eigenvalue weighted by atomic mass is 9.79. The van der Waals surface area contributed by atoms with Gasteiger partial charge in [-0.1, -0.05) is 20.8 Å². The lowest BCUT2D eigenvalue weighted by Crippen LogP contribution is -2.71. The largest absolute Gasteiger partial charge is 0.327 e. The Kier molecular flexibility index (Phi) is 5.88. The van der Waals surface area contributed by atoms with Crippen molar-refractivity contribution in [2.45, 2.75) is 26.4 Å². The number of benzene rings is 1. The Labute approximate surface area is 157 Å². The highest BCUT2D eigenvalue weighted by molar-refractivity contribution is 6.02. The van der Waals surface area contributed by atoms with Crippen LogP contribution in [0.5, 0.6) is 0 Å². The highest BCUT2D eigenvalue weighted by Gasteiger charge is 2.45. The maximum Gasteiger partial charge on any atom is 0.253 e. The number of aliphatic imine (C=N–C) groups is 1. The lowest BCUT2D eigenvalue weighted by Gasteiger charge is -2.42. The summed E-state index contributed by atoms with van der Waals surface area (Å²) in [6.45, 7) is 5.40. The molecule has 2 aromatic rings. The minimum Gasteiger partial charge on any atom is -0.327 e. The van der Waals surface area contributed by atoms with Gasteiger partial charge < -0.3 is 11.1 Å². The highest BCUT2D eigenvalue weighted by atomic mass is 19.1. The van der Waals surface area contributed by atoms with E-state index in [9.17, 15) is 9.18 Å². The minimum atomic E-state index is -1.52. The molecule has 1 aromatic carbocycles. The SMILES string of the molecule is CC(C)(C)[C@@](N)(NC(=O)c1ccc(F)cc1)C(=Nc1cccnc1)NC#N. The molecule has 27 heavy (non-hydrogen) atoms. The van der Waals surface area contributed by atoms with Crippen molar-refractivity contribution < 1.29 is 9.18 Å². The number of carbonyl (C=O) groups excluding carboxylic acids is 1. The number of carbonyl (C=O) groups is 1. The first-order chi connectivity index (χ1) is 12.7. The third-order valence-electron chi connectivity index (χ3n) is 4.03. The Morgan fingerprint density at radius 1 is 1.26 bits per heavy atom. The number of rotatable bonds is 4. The number of hydrogen-bond donors (Lipinski definition) is 3. The molecule has 0 fully saturated rings. The van der Waals surface area contributed by atoms with E-state index in [1.165, 1.54) is 30.5 Å². The number of nitriles is 1. The van der Waals surface area contributed by atoms with Crippen molar-refractivity contribution in [2.24, 2.45) is 16.1 Å². The molecular formula is C19H21FN6O. The van der Waals surface area contributed by atoms with E-state index in [1.807, 2.05) is 0 Å². The summed E-state index contributed by atoms with van der Waals surface area (Å²) in [6.07, 6.45) is 4.90. The van der Waals surface area contributed by atoms with E-state index < -0.39 is 22.8 Å². The van der Waals surface area contributed by atoms with Crippen molar-refractivity contribution in [3.63, 3.8) is 0 Å². The normalized spacial score (nSPS) is 14.0. The number of nitrogens with zero attached hydrogens (tertiary/aromatic N) is 3. The van der Waals surface area contributed by atoms with Crippen molar-refractivity contribution in [1.29, 1.82) is 5.26 Å². The van der Waals surface area contributed by atoms with Crippen LogP contribution < -0.4 is 16.4 Å². The van der Waals surface area contributed by atoms with E-state index in [0.717, 1.165) is 0 Å². The van der Waals surface area contributed by atoms with Gasteiger partial charge in [-0.15, -0.1) is 0 Å². The molecule has 0 spiro atoms. The summed E-state index contributed by atoms with van der Waals surface area (Å²) in [5, 5.41) is 14.4. The summed E-state index contributed by atoms with van der Waals surface area (Å²) in [4.78, 5) is 21.0. The van der Waals surface area contributed by atoms with Crippen molar-refractivity contribution in [3.8, 4) is 6.19 Å². The van der Waals surface area contributed by atoms with Crippen LogP contribution in [0.4, 0.5) is 10.1 Å². The zero-order valence-electron chi connectivity index (χ0n) is 15.3. The maximum absolute atomic E-state index is 13.1. The van der Waals surface area contributed by atoms with E-state index >= 15 is 0 Å². The predicted octanol–water partition coefficient (Wildman–Crippen LogP) is 2.45. The van der Waals surface area contributed by atoms with Gasteiger partial charge in [0, 0.05) is 17.2 Å². The third-order valence-corrected chi connectivity index (χ3v) is 4.03. The fraction of sp³-hybridized carbons (Fsp3) is 0.263. The van der Waals surface area contributed by atoms with Crippen molar-refractivity contribution in [3.05, 3.63) is 60.2 Å². The lowest BCUT2D eigenvalue weighted by molar-refractivity contribution is 0.0865. The van der Waals surface area contributed by atoms with Crippen LogP contribution in [0.3, 0.4) is 0 Å². The van der Waals surface area contributed by atoms with Gasteiger partial charge in [0.2, 0.25) is 0 Å². The van der Waals surface area contributed by atoms with E-state index in [1.54, 1.807) is 45.3 Å². The molecule has 1 atom stereocenters. The molecule has 0 aliphatic rings. The maximum atomic E-state index is 13.1. The van der Waals surface area contributed by atoms with E-state index in [-0.39, 0.29) is 11.4 Å². The number of pyridine rings is 1. The van der Waals surface area contributed by atoms with Crippen LogP contribution in [-0.4, -0.2) is 22.4 Å². The van der Waals surface area contributed by atoms with Gasteiger partial charge in [-0.25, -0.2) is 9.38 Å². The zero-order chi connectivity index (χ0) is 20.1. The monoisotopic (exact) mass is 368 g/mol. The number of hydrogen-bond acceptors (Lipinski definition) is 5. The van der Waals surface area contributed by atoms with Crippen molar-refractivity contribution >= 4 is 17.4 Å². The number of aromatic nitrogens is 1. The van der Waals surface area contributed by atoms with Gasteiger partial charge in [-0.2, -0.15) is 5.26 Å². The third kappa shape index (κ3) is 4.65. The molecule has 7 nitrogen and oxygen atoms in total. The van der Waals surface area contributed by atoms with E-state index in [0.29, 0.717) is 5.69 Å². The highest BCUT2D eigenvalue weighted by Crippen LogP contribution is 2.28. The van der Waals surface area contributed by atoms with Crippen LogP contribution in [0, 0.1) is 22.7 Å². The van der Waals surface area contributed by atoms with Gasteiger partial charge in [-0.05, 0) is 36.4 Å². The molecule has 0 saturated heterocycles. The van der Waals surface area contributed by atoms with E-state index in [2.05, 4.69) is 20.6 Å². The van der Waals surface area contributed by atoms with E-state index in [4.69, 9.17) is 11.0 Å². The molecule has 0 aliphatic heterocycles. The quantitative estimate of drug-likeness (QED) is 0.252. The average Bonchev–Trinajstić information content (AvgIpc) is 2.61. The molecule has 0 unspecified atom stereocenters. The Hall–Kier alpha value is -3.31. The van der Waals surface area contributed by atoms with Gasteiger partial charge in [0.05, 0.1) is 11.9 Å². The van der Waals surface area contributed by atoms with Crippen LogP contribution in [0.2, 0.25) is 0 Å². The summed E-state index contributed by atoms with van der Waals surface area (Å²) >= 11 is 0. The molecule has 140 valence electrons. The summed E-state index contributed by atoms with van der Waals surface area (Å²) in [5.74, 6) is -0.918. The summed E-state index contributed by atoms with van der Waals surface area (Å²) in [5.41, 5.74) is 4.99. The molecule has 1 aromatic heterocycles. The first-order valence-electron chi connectivity index (χ1n) is 8.18. The molecule has 8 heteroatoms. The van der Waals surface area contributed by atoms with Gasteiger partial charge in [-0.3, -0.25) is 15.1 Å². The standard InChI is InChI=1S/C19H21FN6O/c1-18(2,3)19(22,26-16(27)13-6-8-14(20)9-7-13)17(24-12-21)25-15-5-4-10-23-11-15/h4-11H,22H2,1-3H3,(H,24,25)(H,26,27)/t19-/m0/s1.